The lowest BCUT2D eigenvalue weighted by Gasteiger charge is -2.01. The first-order chi connectivity index (χ1) is 8.11. The topological polar surface area (TPSA) is 42.1 Å². The van der Waals surface area contributed by atoms with Gasteiger partial charge in [-0.2, -0.15) is 0 Å². The Kier molecular flexibility index (Phi) is 3.61. The van der Waals surface area contributed by atoms with Crippen LogP contribution in [0.2, 0.25) is 5.02 Å². The Morgan fingerprint density at radius 1 is 1.41 bits per heavy atom. The number of esters is 1. The second-order valence-electron chi connectivity index (χ2n) is 3.22. The van der Waals surface area contributed by atoms with Gasteiger partial charge < -0.3 is 9.72 Å². The van der Waals surface area contributed by atoms with E-state index in [9.17, 15) is 4.79 Å². The van der Waals surface area contributed by atoms with Gasteiger partial charge >= 0.3 is 5.97 Å². The molecule has 0 aliphatic carbocycles. The van der Waals surface area contributed by atoms with Gasteiger partial charge in [0.2, 0.25) is 0 Å². The molecule has 0 atom stereocenters. The van der Waals surface area contributed by atoms with E-state index in [0.717, 1.165) is 10.4 Å². The number of nitrogens with one attached hydrogen (secondary N) is 1. The second-order valence-corrected chi connectivity index (χ2v) is 5.34. The third kappa shape index (κ3) is 2.57. The molecule has 0 unspecified atom stereocenters. The average Bonchev–Trinajstić information content (AvgIpc) is 2.71. The minimum Gasteiger partial charge on any atom is -0.464 e. The normalized spacial score (nSPS) is 10.2. The van der Waals surface area contributed by atoms with Crippen LogP contribution < -0.4 is 0 Å². The van der Waals surface area contributed by atoms with Gasteiger partial charge in [0.15, 0.2) is 3.95 Å². The molecule has 88 valence electrons. The number of carbonyl (C=O) groups excluding carboxylic acids is 1. The SMILES string of the molecule is COC(=O)c1[nH]c(=S)sc1-c1ccc(Cl)cc1. The van der Waals surface area contributed by atoms with E-state index in [0.29, 0.717) is 14.7 Å². The summed E-state index contributed by atoms with van der Waals surface area (Å²) in [6.07, 6.45) is 0. The van der Waals surface area contributed by atoms with Gasteiger partial charge in [0.1, 0.15) is 5.69 Å². The summed E-state index contributed by atoms with van der Waals surface area (Å²) >= 11 is 12.2. The standard InChI is InChI=1S/C11H8ClNO2S2/c1-15-10(14)8-9(17-11(16)13-8)6-2-4-7(12)5-3-6/h2-5H,1H3,(H,13,16). The fourth-order valence-corrected chi connectivity index (χ4v) is 2.69. The van der Waals surface area contributed by atoms with Crippen LogP contribution in [0.15, 0.2) is 24.3 Å². The lowest BCUT2D eigenvalue weighted by molar-refractivity contribution is 0.0595. The van der Waals surface area contributed by atoms with Gasteiger partial charge in [-0.3, -0.25) is 0 Å². The predicted octanol–water partition coefficient (Wildman–Crippen LogP) is 3.91. The predicted molar refractivity (Wildman–Crippen MR) is 71.3 cm³/mol. The van der Waals surface area contributed by atoms with Crippen molar-refractivity contribution >= 4 is 41.1 Å². The van der Waals surface area contributed by atoms with Gasteiger partial charge in [-0.05, 0) is 29.9 Å². The molecule has 0 saturated heterocycles. The number of thiazole rings is 1. The lowest BCUT2D eigenvalue weighted by Crippen LogP contribution is -2.03. The van der Waals surface area contributed by atoms with Gasteiger partial charge in [0.25, 0.3) is 0 Å². The van der Waals surface area contributed by atoms with Crippen molar-refractivity contribution < 1.29 is 9.53 Å². The van der Waals surface area contributed by atoms with Gasteiger partial charge in [-0.1, -0.05) is 23.7 Å². The van der Waals surface area contributed by atoms with Crippen molar-refractivity contribution in [2.75, 3.05) is 7.11 Å². The Hall–Kier alpha value is -1.17. The molecule has 1 aromatic carbocycles. The zero-order chi connectivity index (χ0) is 12.4. The van der Waals surface area contributed by atoms with Crippen LogP contribution in [-0.2, 0) is 4.74 Å². The van der Waals surface area contributed by atoms with E-state index in [1.165, 1.54) is 18.4 Å². The Labute approximate surface area is 112 Å². The van der Waals surface area contributed by atoms with Crippen molar-refractivity contribution in [3.05, 3.63) is 38.9 Å². The number of aromatic amines is 1. The molecule has 6 heteroatoms. The van der Waals surface area contributed by atoms with Crippen molar-refractivity contribution in [3.8, 4) is 10.4 Å². The number of aromatic nitrogens is 1. The highest BCUT2D eigenvalue weighted by Crippen LogP contribution is 2.30. The van der Waals surface area contributed by atoms with Crippen LogP contribution in [0.5, 0.6) is 0 Å². The Balaban J connectivity index is 2.55. The highest BCUT2D eigenvalue weighted by molar-refractivity contribution is 7.73. The van der Waals surface area contributed by atoms with Crippen LogP contribution in [0, 0.1) is 3.95 Å². The second kappa shape index (κ2) is 5.00. The fourth-order valence-electron chi connectivity index (χ4n) is 1.38. The molecule has 0 amide bonds. The molecule has 0 bridgehead atoms. The molecule has 2 aromatic rings. The molecule has 0 radical (unpaired) electrons. The highest BCUT2D eigenvalue weighted by atomic mass is 35.5. The number of benzene rings is 1. The molecular weight excluding hydrogens is 278 g/mol. The minimum absolute atomic E-state index is 0.379. The van der Waals surface area contributed by atoms with Gasteiger partial charge in [0.05, 0.1) is 12.0 Å². The Bertz CT molecular complexity index is 601. The third-order valence-electron chi connectivity index (χ3n) is 2.14. The molecule has 1 aromatic heterocycles. The van der Waals surface area contributed by atoms with Crippen LogP contribution in [0.25, 0.3) is 10.4 Å². The number of hydrogen-bond donors (Lipinski definition) is 1. The quantitative estimate of drug-likeness (QED) is 0.672. The molecule has 0 aliphatic heterocycles. The molecule has 0 fully saturated rings. The van der Waals surface area contributed by atoms with Crippen molar-refractivity contribution in [1.29, 1.82) is 0 Å². The summed E-state index contributed by atoms with van der Waals surface area (Å²) in [5, 5.41) is 0.646. The first-order valence-corrected chi connectivity index (χ1v) is 6.29. The highest BCUT2D eigenvalue weighted by Gasteiger charge is 2.16. The first-order valence-electron chi connectivity index (χ1n) is 4.69. The number of carbonyl (C=O) groups is 1. The molecular formula is C11H8ClNO2S2. The molecule has 1 heterocycles. The van der Waals surface area contributed by atoms with Crippen molar-refractivity contribution in [2.45, 2.75) is 0 Å². The first kappa shape index (κ1) is 12.3. The van der Waals surface area contributed by atoms with Crippen molar-refractivity contribution in [1.82, 2.24) is 4.98 Å². The van der Waals surface area contributed by atoms with E-state index in [4.69, 9.17) is 28.6 Å². The summed E-state index contributed by atoms with van der Waals surface area (Å²) < 4.78 is 5.24. The molecule has 0 aliphatic rings. The molecule has 2 rings (SSSR count). The van der Waals surface area contributed by atoms with Crippen molar-refractivity contribution in [2.24, 2.45) is 0 Å². The van der Waals surface area contributed by atoms with Crippen LogP contribution in [0.3, 0.4) is 0 Å². The summed E-state index contributed by atoms with van der Waals surface area (Å²) in [5.74, 6) is -0.428. The van der Waals surface area contributed by atoms with E-state index >= 15 is 0 Å². The van der Waals surface area contributed by atoms with E-state index in [2.05, 4.69) is 4.98 Å². The zero-order valence-electron chi connectivity index (χ0n) is 8.82. The number of H-pyrrole nitrogens is 1. The Morgan fingerprint density at radius 2 is 2.06 bits per heavy atom. The number of halogens is 1. The maximum atomic E-state index is 11.6. The molecule has 17 heavy (non-hydrogen) atoms. The van der Waals surface area contributed by atoms with E-state index in [1.54, 1.807) is 12.1 Å². The van der Waals surface area contributed by atoms with Crippen LogP contribution >= 0.6 is 35.2 Å². The molecule has 3 nitrogen and oxygen atoms in total. The Morgan fingerprint density at radius 3 is 2.65 bits per heavy atom. The minimum atomic E-state index is -0.428. The summed E-state index contributed by atoms with van der Waals surface area (Å²) in [6, 6.07) is 7.20. The monoisotopic (exact) mass is 285 g/mol. The molecule has 0 saturated carbocycles. The zero-order valence-corrected chi connectivity index (χ0v) is 11.2. The molecule has 1 N–H and O–H groups in total. The van der Waals surface area contributed by atoms with Crippen LogP contribution in [-0.4, -0.2) is 18.1 Å². The van der Waals surface area contributed by atoms with Gasteiger partial charge in [-0.25, -0.2) is 4.79 Å². The third-order valence-corrected chi connectivity index (χ3v) is 3.68. The maximum absolute atomic E-state index is 11.6. The molecule has 0 spiro atoms. The number of rotatable bonds is 2. The summed E-state index contributed by atoms with van der Waals surface area (Å²) in [5.41, 5.74) is 1.26. The number of ether oxygens (including phenoxy) is 1. The van der Waals surface area contributed by atoms with Crippen molar-refractivity contribution in [3.63, 3.8) is 0 Å². The van der Waals surface area contributed by atoms with E-state index in [1.807, 2.05) is 12.1 Å². The number of methoxy groups -OCH3 is 1. The fraction of sp³-hybridized carbons (Fsp3) is 0.0909. The van der Waals surface area contributed by atoms with Gasteiger partial charge in [-0.15, -0.1) is 11.3 Å². The summed E-state index contributed by atoms with van der Waals surface area (Å²) in [6.45, 7) is 0. The van der Waals surface area contributed by atoms with Crippen LogP contribution in [0.1, 0.15) is 10.5 Å². The summed E-state index contributed by atoms with van der Waals surface area (Å²) in [7, 11) is 1.34. The van der Waals surface area contributed by atoms with E-state index < -0.39 is 5.97 Å². The maximum Gasteiger partial charge on any atom is 0.356 e. The number of hydrogen-bond acceptors (Lipinski definition) is 4. The van der Waals surface area contributed by atoms with Gasteiger partial charge in [0, 0.05) is 5.02 Å². The van der Waals surface area contributed by atoms with Crippen LogP contribution in [0.4, 0.5) is 0 Å². The lowest BCUT2D eigenvalue weighted by atomic mass is 10.1. The summed E-state index contributed by atoms with van der Waals surface area (Å²) in [4.78, 5) is 15.2. The van der Waals surface area contributed by atoms with E-state index in [-0.39, 0.29) is 0 Å². The smallest absolute Gasteiger partial charge is 0.356 e. The largest absolute Gasteiger partial charge is 0.464 e. The average molecular weight is 286 g/mol.